The number of esters is 3. The molecule has 356 valence electrons. The molecule has 0 radical (unpaired) electrons. The second-order valence-electron chi connectivity index (χ2n) is 21.3. The Balaban J connectivity index is 1.64. The van der Waals surface area contributed by atoms with Crippen molar-refractivity contribution in [1.82, 2.24) is 19.7 Å². The Morgan fingerprint density at radius 3 is 1.61 bits per heavy atom. The predicted octanol–water partition coefficient (Wildman–Crippen LogP) is 7.61. The van der Waals surface area contributed by atoms with Gasteiger partial charge in [-0.25, -0.2) is 0 Å². The summed E-state index contributed by atoms with van der Waals surface area (Å²) in [6.07, 6.45) is 1.46. The average Bonchev–Trinajstić information content (AvgIpc) is 3.54. The highest BCUT2D eigenvalue weighted by molar-refractivity contribution is 5.83. The molecular weight excluding hydrogens is 813 g/mol. The standard InChI is InChI=1S/C51H78N4O9/c1-37(28-41-29-40-16-14-15-17-43(40)52-41)44(57)35-61-34-39-20-18-38(19-21-39)22-23-42(56)30-53(25-27-55(36-48(2,3)4)33-47(60)64-51(11,12)13)24-26-54(31-45(58)62-49(5,6)7)32-46(59)63-50(8,9)10/h14-21,29,37,52H,22-28,30-36H2,1-13H3/t37-/m1/s1. The lowest BCUT2D eigenvalue weighted by Gasteiger charge is -2.33. The van der Waals surface area contributed by atoms with Gasteiger partial charge in [-0.15, -0.1) is 0 Å². The van der Waals surface area contributed by atoms with Crippen LogP contribution in [0.2, 0.25) is 0 Å². The molecule has 2 aromatic carbocycles. The third-order valence-corrected chi connectivity index (χ3v) is 9.77. The first kappa shape index (κ1) is 53.9. The highest BCUT2D eigenvalue weighted by Gasteiger charge is 2.27. The highest BCUT2D eigenvalue weighted by Crippen LogP contribution is 2.19. The van der Waals surface area contributed by atoms with Gasteiger partial charge in [-0.05, 0) is 109 Å². The van der Waals surface area contributed by atoms with Crippen LogP contribution in [0, 0.1) is 11.3 Å². The summed E-state index contributed by atoms with van der Waals surface area (Å²) in [5.74, 6) is -1.36. The Labute approximate surface area is 382 Å². The molecule has 0 bridgehead atoms. The zero-order valence-corrected chi connectivity index (χ0v) is 41.2. The molecule has 0 unspecified atom stereocenters. The summed E-state index contributed by atoms with van der Waals surface area (Å²) >= 11 is 0. The predicted molar refractivity (Wildman–Crippen MR) is 252 cm³/mol. The van der Waals surface area contributed by atoms with E-state index in [0.717, 1.165) is 27.7 Å². The number of H-pyrrole nitrogens is 1. The second-order valence-corrected chi connectivity index (χ2v) is 21.3. The fourth-order valence-electron chi connectivity index (χ4n) is 7.12. The van der Waals surface area contributed by atoms with Gasteiger partial charge < -0.3 is 23.9 Å². The molecule has 0 aliphatic rings. The van der Waals surface area contributed by atoms with Crippen LogP contribution in [0.3, 0.4) is 0 Å². The number of hydrogen-bond donors (Lipinski definition) is 1. The number of hydrogen-bond acceptors (Lipinski definition) is 12. The van der Waals surface area contributed by atoms with Crippen LogP contribution in [0.5, 0.6) is 0 Å². The van der Waals surface area contributed by atoms with Crippen LogP contribution < -0.4 is 0 Å². The number of aromatic nitrogens is 1. The summed E-state index contributed by atoms with van der Waals surface area (Å²) in [4.78, 5) is 74.6. The van der Waals surface area contributed by atoms with Crippen LogP contribution in [-0.4, -0.2) is 131 Å². The first-order chi connectivity index (χ1) is 29.6. The Kier molecular flexibility index (Phi) is 20.4. The molecule has 0 aliphatic carbocycles. The van der Waals surface area contributed by atoms with Gasteiger partial charge in [-0.1, -0.05) is 70.2 Å². The minimum Gasteiger partial charge on any atom is -0.459 e. The van der Waals surface area contributed by atoms with Gasteiger partial charge in [0.25, 0.3) is 0 Å². The van der Waals surface area contributed by atoms with Crippen LogP contribution in [-0.2, 0) is 62.4 Å². The van der Waals surface area contributed by atoms with Crippen molar-refractivity contribution in [2.24, 2.45) is 11.3 Å². The van der Waals surface area contributed by atoms with E-state index in [0.29, 0.717) is 52.0 Å². The van der Waals surface area contributed by atoms with Crippen molar-refractivity contribution in [3.8, 4) is 0 Å². The van der Waals surface area contributed by atoms with Gasteiger partial charge in [0.2, 0.25) is 0 Å². The molecule has 0 fully saturated rings. The van der Waals surface area contributed by atoms with Crippen LogP contribution in [0.1, 0.15) is 113 Å². The van der Waals surface area contributed by atoms with E-state index in [2.05, 4.69) is 42.8 Å². The number of ketones is 2. The number of rotatable bonds is 25. The molecule has 13 heteroatoms. The number of carbonyl (C=O) groups is 5. The Hall–Kier alpha value is -4.43. The monoisotopic (exact) mass is 891 g/mol. The van der Waals surface area contributed by atoms with Crippen LogP contribution >= 0.6 is 0 Å². The lowest BCUT2D eigenvalue weighted by atomic mass is 9.96. The molecule has 13 nitrogen and oxygen atoms in total. The Morgan fingerprint density at radius 2 is 1.09 bits per heavy atom. The van der Waals surface area contributed by atoms with E-state index in [1.54, 1.807) is 46.4 Å². The second kappa shape index (κ2) is 24.2. The molecule has 0 saturated heterocycles. The molecule has 1 aromatic heterocycles. The summed E-state index contributed by atoms with van der Waals surface area (Å²) in [6, 6.07) is 18.0. The largest absolute Gasteiger partial charge is 0.459 e. The first-order valence-corrected chi connectivity index (χ1v) is 22.7. The van der Waals surface area contributed by atoms with Crippen molar-refractivity contribution in [2.75, 3.05) is 65.5 Å². The van der Waals surface area contributed by atoms with Crippen molar-refractivity contribution in [3.63, 3.8) is 0 Å². The van der Waals surface area contributed by atoms with Gasteiger partial charge in [0.15, 0.2) is 5.78 Å². The quantitative estimate of drug-likeness (QED) is 0.0660. The van der Waals surface area contributed by atoms with E-state index in [1.165, 1.54) is 0 Å². The minimum atomic E-state index is -0.704. The molecule has 0 aliphatic heterocycles. The Bertz CT molecular complexity index is 1900. The molecule has 1 atom stereocenters. The van der Waals surface area contributed by atoms with Gasteiger partial charge in [-0.2, -0.15) is 0 Å². The van der Waals surface area contributed by atoms with Crippen molar-refractivity contribution in [3.05, 3.63) is 71.4 Å². The van der Waals surface area contributed by atoms with Crippen molar-refractivity contribution in [2.45, 2.75) is 133 Å². The molecule has 1 heterocycles. The summed E-state index contributed by atoms with van der Waals surface area (Å²) in [7, 11) is 0. The van der Waals surface area contributed by atoms with E-state index in [-0.39, 0.29) is 68.2 Å². The number of ether oxygens (including phenoxy) is 4. The van der Waals surface area contributed by atoms with Crippen LogP contribution in [0.4, 0.5) is 0 Å². The number of aromatic amines is 1. The summed E-state index contributed by atoms with van der Waals surface area (Å²) in [5, 5.41) is 1.13. The van der Waals surface area contributed by atoms with Crippen LogP contribution in [0.15, 0.2) is 54.6 Å². The Morgan fingerprint density at radius 1 is 0.609 bits per heavy atom. The molecule has 0 saturated carbocycles. The minimum absolute atomic E-state index is 0.0306. The van der Waals surface area contributed by atoms with Gasteiger partial charge in [-0.3, -0.25) is 38.7 Å². The van der Waals surface area contributed by atoms with E-state index < -0.39 is 28.7 Å². The third-order valence-electron chi connectivity index (χ3n) is 9.77. The molecule has 3 rings (SSSR count). The van der Waals surface area contributed by atoms with Gasteiger partial charge >= 0.3 is 17.9 Å². The summed E-state index contributed by atoms with van der Waals surface area (Å²) in [5.41, 5.74) is 1.88. The number of fused-ring (bicyclic) bond motifs is 1. The fraction of sp³-hybridized carbons (Fsp3) is 0.627. The highest BCUT2D eigenvalue weighted by atomic mass is 16.6. The number of benzene rings is 2. The number of nitrogens with one attached hydrogen (secondary N) is 1. The SMILES string of the molecule is C[C@H](Cc1cc2ccccc2[nH]1)C(=O)COCc1ccc(CCC(=O)CN(CCN(CC(=O)OC(C)(C)C)CC(=O)OC(C)(C)C)CCN(CC(=O)OC(C)(C)C)CC(C)(C)C)cc1. The summed E-state index contributed by atoms with van der Waals surface area (Å²) in [6.45, 7) is 27.1. The zero-order valence-electron chi connectivity index (χ0n) is 41.2. The molecular formula is C51H78N4O9. The first-order valence-electron chi connectivity index (χ1n) is 22.7. The lowest BCUT2D eigenvalue weighted by molar-refractivity contribution is -0.160. The molecule has 1 N–H and O–H groups in total. The van der Waals surface area contributed by atoms with Gasteiger partial charge in [0.1, 0.15) is 29.2 Å². The zero-order chi connectivity index (χ0) is 47.9. The smallest absolute Gasteiger partial charge is 0.320 e. The summed E-state index contributed by atoms with van der Waals surface area (Å²) < 4.78 is 22.6. The lowest BCUT2D eigenvalue weighted by Crippen LogP contribution is -2.47. The maximum atomic E-state index is 13.7. The number of para-hydroxylation sites is 1. The maximum absolute atomic E-state index is 13.7. The number of Topliss-reactive ketones (excluding diaryl/α,β-unsaturated/α-hetero) is 2. The number of carbonyl (C=O) groups excluding carboxylic acids is 5. The number of nitrogens with zero attached hydrogens (tertiary/aromatic N) is 3. The van der Waals surface area contributed by atoms with Gasteiger partial charge in [0.05, 0.1) is 32.8 Å². The molecule has 0 spiro atoms. The molecule has 0 amide bonds. The maximum Gasteiger partial charge on any atom is 0.320 e. The molecule has 64 heavy (non-hydrogen) atoms. The van der Waals surface area contributed by atoms with Gasteiger partial charge in [0, 0.05) is 56.3 Å². The normalized spacial score (nSPS) is 13.1. The molecule has 3 aromatic rings. The van der Waals surface area contributed by atoms with E-state index in [4.69, 9.17) is 18.9 Å². The number of aryl methyl sites for hydroxylation is 1. The fourth-order valence-corrected chi connectivity index (χ4v) is 7.12. The van der Waals surface area contributed by atoms with Crippen molar-refractivity contribution >= 4 is 40.4 Å². The van der Waals surface area contributed by atoms with E-state index >= 15 is 0 Å². The average molecular weight is 891 g/mol. The van der Waals surface area contributed by atoms with E-state index in [9.17, 15) is 24.0 Å². The van der Waals surface area contributed by atoms with Crippen LogP contribution in [0.25, 0.3) is 10.9 Å². The van der Waals surface area contributed by atoms with Crippen molar-refractivity contribution < 1.29 is 42.9 Å². The van der Waals surface area contributed by atoms with E-state index in [1.807, 2.05) is 75.1 Å². The topological polar surface area (TPSA) is 148 Å². The third kappa shape index (κ3) is 23.0. The van der Waals surface area contributed by atoms with Crippen molar-refractivity contribution in [1.29, 1.82) is 0 Å².